The van der Waals surface area contributed by atoms with E-state index in [2.05, 4.69) is 5.32 Å². The van der Waals surface area contributed by atoms with E-state index in [4.69, 9.17) is 10.8 Å². The largest absolute Gasteiger partial charge is 0.396 e. The molecule has 1 aliphatic carbocycles. The van der Waals surface area contributed by atoms with Crippen molar-refractivity contribution in [2.75, 3.05) is 26.0 Å². The summed E-state index contributed by atoms with van der Waals surface area (Å²) in [4.78, 5) is 0. The van der Waals surface area contributed by atoms with Crippen molar-refractivity contribution in [2.24, 2.45) is 5.73 Å². The molecule has 0 aromatic rings. The number of hydrogen-bond acceptors (Lipinski definition) is 5. The lowest BCUT2D eigenvalue weighted by Gasteiger charge is -2.34. The third-order valence-electron chi connectivity index (χ3n) is 3.65. The van der Waals surface area contributed by atoms with Gasteiger partial charge in [0.1, 0.15) is 0 Å². The molecule has 1 saturated carbocycles. The zero-order chi connectivity index (χ0) is 12.9. The molecule has 1 aliphatic rings. The fourth-order valence-electron chi connectivity index (χ4n) is 2.75. The maximum Gasteiger partial charge on any atom is 0.152 e. The summed E-state index contributed by atoms with van der Waals surface area (Å²) >= 11 is 0. The number of nitrogens with one attached hydrogen (secondary N) is 1. The van der Waals surface area contributed by atoms with E-state index in [1.54, 1.807) is 0 Å². The van der Waals surface area contributed by atoms with Gasteiger partial charge in [-0.3, -0.25) is 0 Å². The summed E-state index contributed by atoms with van der Waals surface area (Å²) in [6.45, 7) is 1.24. The summed E-state index contributed by atoms with van der Waals surface area (Å²) in [5.41, 5.74) is 5.34. The first-order valence-electron chi connectivity index (χ1n) is 6.21. The second kappa shape index (κ2) is 6.13. The Morgan fingerprint density at radius 1 is 1.47 bits per heavy atom. The van der Waals surface area contributed by atoms with Gasteiger partial charge in [0.15, 0.2) is 9.84 Å². The van der Waals surface area contributed by atoms with Crippen LogP contribution >= 0.6 is 0 Å². The van der Waals surface area contributed by atoms with Gasteiger partial charge >= 0.3 is 0 Å². The van der Waals surface area contributed by atoms with Crippen molar-refractivity contribution in [3.05, 3.63) is 0 Å². The smallest absolute Gasteiger partial charge is 0.152 e. The van der Waals surface area contributed by atoms with E-state index < -0.39 is 15.4 Å². The summed E-state index contributed by atoms with van der Waals surface area (Å²) in [5, 5.41) is 11.7. The Hall–Kier alpha value is -0.170. The predicted octanol–water partition coefficient (Wildman–Crippen LogP) is -0.357. The average molecular weight is 264 g/mol. The minimum Gasteiger partial charge on any atom is -0.396 e. The number of rotatable bonds is 7. The lowest BCUT2D eigenvalue weighted by Crippen LogP contribution is -2.58. The van der Waals surface area contributed by atoms with E-state index in [9.17, 15) is 8.42 Å². The highest BCUT2D eigenvalue weighted by molar-refractivity contribution is 7.91. The quantitative estimate of drug-likeness (QED) is 0.546. The lowest BCUT2D eigenvalue weighted by molar-refractivity contribution is 0.275. The van der Waals surface area contributed by atoms with Crippen LogP contribution in [0.25, 0.3) is 0 Å². The molecular formula is C11H24N2O3S. The molecule has 1 fully saturated rings. The fourth-order valence-corrected chi connectivity index (χ4v) is 4.46. The molecule has 1 rings (SSSR count). The van der Waals surface area contributed by atoms with E-state index in [-0.39, 0.29) is 11.9 Å². The molecule has 0 radical (unpaired) electrons. The first-order chi connectivity index (χ1) is 7.96. The topological polar surface area (TPSA) is 92.4 Å². The summed E-state index contributed by atoms with van der Waals surface area (Å²) in [6.07, 6.45) is 5.29. The van der Waals surface area contributed by atoms with Crippen LogP contribution < -0.4 is 11.1 Å². The van der Waals surface area contributed by atoms with Crippen molar-refractivity contribution in [1.29, 1.82) is 0 Å². The molecular weight excluding hydrogens is 240 g/mol. The standard InChI is InChI=1S/C11H24N2O3S/c1-17(15,16)10-5-4-6-11(10,9-12)13-7-2-3-8-14/h10,13-14H,2-9,12H2,1H3. The molecule has 5 nitrogen and oxygen atoms in total. The zero-order valence-electron chi connectivity index (χ0n) is 10.5. The zero-order valence-corrected chi connectivity index (χ0v) is 11.3. The molecule has 0 aromatic carbocycles. The normalized spacial score (nSPS) is 29.7. The van der Waals surface area contributed by atoms with Crippen molar-refractivity contribution in [3.8, 4) is 0 Å². The highest BCUT2D eigenvalue weighted by Crippen LogP contribution is 2.34. The van der Waals surface area contributed by atoms with Crippen LogP contribution in [0.5, 0.6) is 0 Å². The van der Waals surface area contributed by atoms with E-state index in [1.807, 2.05) is 0 Å². The molecule has 4 N–H and O–H groups in total. The Bertz CT molecular complexity index is 332. The van der Waals surface area contributed by atoms with Gasteiger partial charge in [-0.15, -0.1) is 0 Å². The van der Waals surface area contributed by atoms with Crippen LogP contribution in [0, 0.1) is 0 Å². The third kappa shape index (κ3) is 3.64. The number of hydrogen-bond donors (Lipinski definition) is 3. The molecule has 0 saturated heterocycles. The maximum absolute atomic E-state index is 11.8. The van der Waals surface area contributed by atoms with Crippen molar-refractivity contribution >= 4 is 9.84 Å². The molecule has 0 aliphatic heterocycles. The van der Waals surface area contributed by atoms with Crippen LogP contribution in [0.1, 0.15) is 32.1 Å². The Morgan fingerprint density at radius 2 is 2.18 bits per heavy atom. The molecule has 2 atom stereocenters. The van der Waals surface area contributed by atoms with Gasteiger partial charge in [-0.05, 0) is 32.2 Å². The number of aliphatic hydroxyl groups is 1. The summed E-state index contributed by atoms with van der Waals surface area (Å²) in [6, 6.07) is 0. The molecule has 0 bridgehead atoms. The Labute approximate surface area is 104 Å². The third-order valence-corrected chi connectivity index (χ3v) is 5.37. The Morgan fingerprint density at radius 3 is 2.71 bits per heavy atom. The molecule has 102 valence electrons. The minimum absolute atomic E-state index is 0.173. The van der Waals surface area contributed by atoms with Crippen LogP contribution in [-0.4, -0.2) is 50.3 Å². The minimum atomic E-state index is -3.06. The predicted molar refractivity (Wildman–Crippen MR) is 68.6 cm³/mol. The van der Waals surface area contributed by atoms with Crippen molar-refractivity contribution in [2.45, 2.75) is 42.9 Å². The summed E-state index contributed by atoms with van der Waals surface area (Å²) < 4.78 is 23.5. The maximum atomic E-state index is 11.8. The number of nitrogens with two attached hydrogens (primary N) is 1. The Kier molecular flexibility index (Phi) is 5.37. The van der Waals surface area contributed by atoms with Gasteiger partial charge < -0.3 is 16.2 Å². The second-order valence-electron chi connectivity index (χ2n) is 4.93. The van der Waals surface area contributed by atoms with Crippen LogP contribution in [0.3, 0.4) is 0 Å². The van der Waals surface area contributed by atoms with Crippen molar-refractivity contribution in [1.82, 2.24) is 5.32 Å². The van der Waals surface area contributed by atoms with E-state index in [1.165, 1.54) is 6.26 Å². The number of aliphatic hydroxyl groups excluding tert-OH is 1. The first kappa shape index (κ1) is 14.9. The summed E-state index contributed by atoms with van der Waals surface area (Å²) in [5.74, 6) is 0. The monoisotopic (exact) mass is 264 g/mol. The molecule has 0 heterocycles. The van der Waals surface area contributed by atoms with Crippen LogP contribution in [-0.2, 0) is 9.84 Å². The number of unbranched alkanes of at least 4 members (excludes halogenated alkanes) is 1. The first-order valence-corrected chi connectivity index (χ1v) is 8.16. The molecule has 0 aromatic heterocycles. The SMILES string of the molecule is CS(=O)(=O)C1CCCC1(CN)NCCCCO. The van der Waals surface area contributed by atoms with Crippen LogP contribution in [0.15, 0.2) is 0 Å². The highest BCUT2D eigenvalue weighted by atomic mass is 32.2. The molecule has 17 heavy (non-hydrogen) atoms. The van der Waals surface area contributed by atoms with Crippen LogP contribution in [0.4, 0.5) is 0 Å². The van der Waals surface area contributed by atoms with Crippen molar-refractivity contribution in [3.63, 3.8) is 0 Å². The van der Waals surface area contributed by atoms with Gasteiger partial charge in [-0.1, -0.05) is 6.42 Å². The molecule has 2 unspecified atom stereocenters. The molecule has 0 amide bonds. The highest BCUT2D eigenvalue weighted by Gasteiger charge is 2.46. The lowest BCUT2D eigenvalue weighted by atomic mass is 9.97. The molecule has 0 spiro atoms. The van der Waals surface area contributed by atoms with Crippen LogP contribution in [0.2, 0.25) is 0 Å². The van der Waals surface area contributed by atoms with Gasteiger partial charge in [-0.2, -0.15) is 0 Å². The van der Waals surface area contributed by atoms with Gasteiger partial charge in [0.2, 0.25) is 0 Å². The molecule has 6 heteroatoms. The van der Waals surface area contributed by atoms with Gasteiger partial charge in [0, 0.05) is 24.9 Å². The Balaban J connectivity index is 2.66. The summed E-state index contributed by atoms with van der Waals surface area (Å²) in [7, 11) is -3.06. The van der Waals surface area contributed by atoms with Gasteiger partial charge in [0.25, 0.3) is 0 Å². The van der Waals surface area contributed by atoms with Gasteiger partial charge in [0.05, 0.1) is 5.25 Å². The number of sulfone groups is 1. The van der Waals surface area contributed by atoms with E-state index >= 15 is 0 Å². The fraction of sp³-hybridized carbons (Fsp3) is 1.00. The second-order valence-corrected chi connectivity index (χ2v) is 7.16. The van der Waals surface area contributed by atoms with Crippen molar-refractivity contribution < 1.29 is 13.5 Å². The van der Waals surface area contributed by atoms with E-state index in [0.717, 1.165) is 25.7 Å². The average Bonchev–Trinajstić information content (AvgIpc) is 2.69. The van der Waals surface area contributed by atoms with E-state index in [0.29, 0.717) is 19.5 Å². The van der Waals surface area contributed by atoms with Gasteiger partial charge in [-0.25, -0.2) is 8.42 Å².